The van der Waals surface area contributed by atoms with Gasteiger partial charge in [-0.15, -0.1) is 11.3 Å². The average molecular weight is 413 g/mol. The Morgan fingerprint density at radius 3 is 2.56 bits per heavy atom. The number of hydrogen-bond acceptors (Lipinski definition) is 6. The Morgan fingerprint density at radius 1 is 1.20 bits per heavy atom. The Labute approximate surface area is 157 Å². The fraction of sp³-hybridized carbons (Fsp3) is 0.0556. The second kappa shape index (κ2) is 7.92. The smallest absolute Gasteiger partial charge is 0.196 e. The van der Waals surface area contributed by atoms with Gasteiger partial charge in [0.2, 0.25) is 0 Å². The standard InChI is InChI=1S/C18H13BrN4OS/c1-24-15-8-6-14(7-9-15)22-23-16(10-20)18-21-17(11-25-18)12-2-4-13(19)5-3-12/h2-9,11,22H,1H3. The first-order valence-electron chi connectivity index (χ1n) is 7.29. The van der Waals surface area contributed by atoms with E-state index in [1.807, 2.05) is 53.9 Å². The van der Waals surface area contributed by atoms with E-state index in [4.69, 9.17) is 4.74 Å². The Hall–Kier alpha value is -2.69. The number of nitriles is 1. The number of hydrogen-bond donors (Lipinski definition) is 1. The van der Waals surface area contributed by atoms with Gasteiger partial charge in [-0.2, -0.15) is 10.4 Å². The van der Waals surface area contributed by atoms with Gasteiger partial charge < -0.3 is 4.74 Å². The summed E-state index contributed by atoms with van der Waals surface area (Å²) in [6, 6.07) is 17.2. The third-order valence-electron chi connectivity index (χ3n) is 3.34. The molecular weight excluding hydrogens is 400 g/mol. The van der Waals surface area contributed by atoms with Crippen LogP contribution in [0.5, 0.6) is 5.75 Å². The van der Waals surface area contributed by atoms with Gasteiger partial charge in [0.15, 0.2) is 10.7 Å². The molecule has 2 aromatic carbocycles. The van der Waals surface area contributed by atoms with E-state index in [-0.39, 0.29) is 5.71 Å². The van der Waals surface area contributed by atoms with E-state index in [2.05, 4.69) is 37.5 Å². The molecule has 0 unspecified atom stereocenters. The number of aromatic nitrogens is 1. The minimum atomic E-state index is 0.240. The lowest BCUT2D eigenvalue weighted by atomic mass is 10.2. The zero-order valence-corrected chi connectivity index (χ0v) is 15.6. The molecule has 0 bridgehead atoms. The molecule has 1 heterocycles. The summed E-state index contributed by atoms with van der Waals surface area (Å²) < 4.78 is 6.12. The molecule has 0 atom stereocenters. The Morgan fingerprint density at radius 2 is 1.92 bits per heavy atom. The number of rotatable bonds is 5. The maximum Gasteiger partial charge on any atom is 0.196 e. The van der Waals surface area contributed by atoms with Crippen molar-refractivity contribution in [3.63, 3.8) is 0 Å². The van der Waals surface area contributed by atoms with Crippen molar-refractivity contribution in [2.45, 2.75) is 0 Å². The number of nitrogens with one attached hydrogen (secondary N) is 1. The number of anilines is 1. The first kappa shape index (κ1) is 17.1. The lowest BCUT2D eigenvalue weighted by Crippen LogP contribution is -2.01. The van der Waals surface area contributed by atoms with Gasteiger partial charge in [-0.3, -0.25) is 5.43 Å². The van der Waals surface area contributed by atoms with Crippen LogP contribution in [0.1, 0.15) is 5.01 Å². The summed E-state index contributed by atoms with van der Waals surface area (Å²) in [6.45, 7) is 0. The molecular formula is C18H13BrN4OS. The molecule has 0 saturated heterocycles. The number of hydrazone groups is 1. The molecule has 124 valence electrons. The van der Waals surface area contributed by atoms with Gasteiger partial charge in [-0.1, -0.05) is 28.1 Å². The molecule has 0 saturated carbocycles. The molecule has 5 nitrogen and oxygen atoms in total. The van der Waals surface area contributed by atoms with E-state index in [1.165, 1.54) is 11.3 Å². The predicted molar refractivity (Wildman–Crippen MR) is 104 cm³/mol. The van der Waals surface area contributed by atoms with Crippen molar-refractivity contribution in [3.8, 4) is 23.1 Å². The lowest BCUT2D eigenvalue weighted by Gasteiger charge is -2.02. The van der Waals surface area contributed by atoms with Crippen LogP contribution < -0.4 is 10.2 Å². The topological polar surface area (TPSA) is 70.3 Å². The summed E-state index contributed by atoms with van der Waals surface area (Å²) in [5.41, 5.74) is 5.69. The van der Waals surface area contributed by atoms with E-state index in [0.717, 1.165) is 27.2 Å². The van der Waals surface area contributed by atoms with Crippen molar-refractivity contribution < 1.29 is 4.74 Å². The third kappa shape index (κ3) is 4.24. The van der Waals surface area contributed by atoms with Crippen molar-refractivity contribution in [2.75, 3.05) is 12.5 Å². The third-order valence-corrected chi connectivity index (χ3v) is 4.72. The van der Waals surface area contributed by atoms with Crippen LogP contribution in [0.4, 0.5) is 5.69 Å². The minimum Gasteiger partial charge on any atom is -0.497 e. The predicted octanol–water partition coefficient (Wildman–Crippen LogP) is 4.92. The van der Waals surface area contributed by atoms with Crippen molar-refractivity contribution in [3.05, 3.63) is 63.4 Å². The van der Waals surface area contributed by atoms with Crippen molar-refractivity contribution in [2.24, 2.45) is 5.10 Å². The highest BCUT2D eigenvalue weighted by molar-refractivity contribution is 9.10. The molecule has 3 aromatic rings. The van der Waals surface area contributed by atoms with E-state index in [1.54, 1.807) is 7.11 Å². The second-order valence-electron chi connectivity index (χ2n) is 4.96. The van der Waals surface area contributed by atoms with Crippen LogP contribution in [0.25, 0.3) is 11.3 Å². The molecule has 3 rings (SSSR count). The Balaban J connectivity index is 1.78. The Bertz CT molecular complexity index is 927. The molecule has 0 aliphatic heterocycles. The van der Waals surface area contributed by atoms with Gasteiger partial charge in [0.05, 0.1) is 18.5 Å². The van der Waals surface area contributed by atoms with E-state index in [9.17, 15) is 5.26 Å². The maximum absolute atomic E-state index is 9.38. The van der Waals surface area contributed by atoms with Crippen LogP contribution in [-0.2, 0) is 0 Å². The highest BCUT2D eigenvalue weighted by atomic mass is 79.9. The number of thiazole rings is 1. The number of nitrogens with zero attached hydrogens (tertiary/aromatic N) is 3. The number of benzene rings is 2. The molecule has 0 aliphatic carbocycles. The number of methoxy groups -OCH3 is 1. The molecule has 7 heteroatoms. The lowest BCUT2D eigenvalue weighted by molar-refractivity contribution is 0.415. The van der Waals surface area contributed by atoms with Gasteiger partial charge in [-0.25, -0.2) is 4.98 Å². The summed E-state index contributed by atoms with van der Waals surface area (Å²) in [5.74, 6) is 0.758. The molecule has 1 N–H and O–H groups in total. The van der Waals surface area contributed by atoms with Crippen LogP contribution in [0, 0.1) is 11.3 Å². The van der Waals surface area contributed by atoms with E-state index in [0.29, 0.717) is 5.01 Å². The van der Waals surface area contributed by atoms with Gasteiger partial charge in [0.1, 0.15) is 11.8 Å². The molecule has 0 spiro atoms. The normalized spacial score (nSPS) is 11.0. The quantitative estimate of drug-likeness (QED) is 0.476. The molecule has 25 heavy (non-hydrogen) atoms. The van der Waals surface area contributed by atoms with Crippen LogP contribution >= 0.6 is 27.3 Å². The van der Waals surface area contributed by atoms with Gasteiger partial charge >= 0.3 is 0 Å². The first-order valence-corrected chi connectivity index (χ1v) is 8.96. The molecule has 1 aromatic heterocycles. The fourth-order valence-corrected chi connectivity index (χ4v) is 3.07. The van der Waals surface area contributed by atoms with Crippen molar-refractivity contribution in [1.29, 1.82) is 5.26 Å². The Kier molecular flexibility index (Phi) is 5.43. The largest absolute Gasteiger partial charge is 0.497 e. The zero-order chi connectivity index (χ0) is 17.6. The number of ether oxygens (including phenoxy) is 1. The molecule has 0 fully saturated rings. The summed E-state index contributed by atoms with van der Waals surface area (Å²) in [6.07, 6.45) is 0. The zero-order valence-electron chi connectivity index (χ0n) is 13.2. The summed E-state index contributed by atoms with van der Waals surface area (Å²) in [4.78, 5) is 4.51. The molecule has 0 aliphatic rings. The van der Waals surface area contributed by atoms with Gasteiger partial charge in [0.25, 0.3) is 0 Å². The highest BCUT2D eigenvalue weighted by Gasteiger charge is 2.10. The maximum atomic E-state index is 9.38. The summed E-state index contributed by atoms with van der Waals surface area (Å²) in [7, 11) is 1.61. The molecule has 0 radical (unpaired) electrons. The van der Waals surface area contributed by atoms with Crippen LogP contribution in [0.15, 0.2) is 63.5 Å². The van der Waals surface area contributed by atoms with E-state index >= 15 is 0 Å². The van der Waals surface area contributed by atoms with Crippen molar-refractivity contribution >= 4 is 38.7 Å². The van der Waals surface area contributed by atoms with E-state index < -0.39 is 0 Å². The van der Waals surface area contributed by atoms with Crippen molar-refractivity contribution in [1.82, 2.24) is 4.98 Å². The second-order valence-corrected chi connectivity index (χ2v) is 6.73. The fourth-order valence-electron chi connectivity index (χ4n) is 2.04. The van der Waals surface area contributed by atoms with Crippen LogP contribution in [-0.4, -0.2) is 17.8 Å². The average Bonchev–Trinajstić information content (AvgIpc) is 3.13. The first-order chi connectivity index (χ1) is 12.2. The minimum absolute atomic E-state index is 0.240. The SMILES string of the molecule is COc1ccc(NN=C(C#N)c2nc(-c3ccc(Br)cc3)cs2)cc1. The van der Waals surface area contributed by atoms with Gasteiger partial charge in [0, 0.05) is 15.4 Å². The summed E-state index contributed by atoms with van der Waals surface area (Å²) in [5, 5.41) is 16.0. The molecule has 0 amide bonds. The highest BCUT2D eigenvalue weighted by Crippen LogP contribution is 2.24. The van der Waals surface area contributed by atoms with Crippen LogP contribution in [0.2, 0.25) is 0 Å². The van der Waals surface area contributed by atoms with Gasteiger partial charge in [-0.05, 0) is 36.4 Å². The monoisotopic (exact) mass is 412 g/mol. The number of halogens is 1. The summed E-state index contributed by atoms with van der Waals surface area (Å²) >= 11 is 4.80. The van der Waals surface area contributed by atoms with Crippen LogP contribution in [0.3, 0.4) is 0 Å².